The number of methoxy groups -OCH3 is 1. The summed E-state index contributed by atoms with van der Waals surface area (Å²) in [5.41, 5.74) is 6.54. The van der Waals surface area contributed by atoms with E-state index in [0.717, 1.165) is 12.1 Å². The van der Waals surface area contributed by atoms with Crippen LogP contribution in [0.5, 0.6) is 0 Å². The van der Waals surface area contributed by atoms with Gasteiger partial charge in [0, 0.05) is 6.42 Å². The molecule has 6 nitrogen and oxygen atoms in total. The molecule has 0 amide bonds. The molecule has 0 bridgehead atoms. The first-order chi connectivity index (χ1) is 7.65. The van der Waals surface area contributed by atoms with E-state index in [1.807, 2.05) is 6.92 Å². The van der Waals surface area contributed by atoms with Gasteiger partial charge in [-0.1, -0.05) is 12.1 Å². The normalized spacial score (nSPS) is 12.5. The molecule has 1 aromatic heterocycles. The quantitative estimate of drug-likeness (QED) is 0.741. The van der Waals surface area contributed by atoms with Crippen LogP contribution in [0.4, 0.5) is 0 Å². The van der Waals surface area contributed by atoms with Gasteiger partial charge in [0.2, 0.25) is 0 Å². The van der Waals surface area contributed by atoms with E-state index in [4.69, 9.17) is 5.73 Å². The summed E-state index contributed by atoms with van der Waals surface area (Å²) in [5.74, 6) is -0.460. The molecule has 1 aromatic rings. The highest BCUT2D eigenvalue weighted by Gasteiger charge is 2.21. The number of carbonyl (C=O) groups excluding carboxylic acids is 1. The first kappa shape index (κ1) is 12.6. The molecule has 2 N–H and O–H groups in total. The summed E-state index contributed by atoms with van der Waals surface area (Å²) in [6, 6.07) is 0.201. The van der Waals surface area contributed by atoms with Gasteiger partial charge >= 0.3 is 5.97 Å². The van der Waals surface area contributed by atoms with Gasteiger partial charge in [-0.3, -0.25) is 0 Å². The van der Waals surface area contributed by atoms with E-state index >= 15 is 0 Å². The standard InChI is InChI=1S/C10H18N4O2/c1-4-7(2)14-8(5-6-11)9(12-13-14)10(15)16-3/h7H,4-6,11H2,1-3H3. The first-order valence-electron chi connectivity index (χ1n) is 5.38. The molecule has 0 saturated carbocycles. The molecule has 6 heteroatoms. The highest BCUT2D eigenvalue weighted by molar-refractivity contribution is 5.88. The Labute approximate surface area is 94.8 Å². The lowest BCUT2D eigenvalue weighted by atomic mass is 10.2. The van der Waals surface area contributed by atoms with Crippen molar-refractivity contribution in [3.8, 4) is 0 Å². The van der Waals surface area contributed by atoms with Gasteiger partial charge in [-0.2, -0.15) is 0 Å². The highest BCUT2D eigenvalue weighted by Crippen LogP contribution is 2.15. The Kier molecular flexibility index (Phi) is 4.42. The van der Waals surface area contributed by atoms with E-state index in [1.54, 1.807) is 4.68 Å². The number of nitrogens with two attached hydrogens (primary N) is 1. The Hall–Kier alpha value is -1.43. The topological polar surface area (TPSA) is 83.0 Å². The van der Waals surface area contributed by atoms with Crippen molar-refractivity contribution in [1.29, 1.82) is 0 Å². The third-order valence-corrected chi connectivity index (χ3v) is 2.56. The average Bonchev–Trinajstić information content (AvgIpc) is 2.71. The number of esters is 1. The van der Waals surface area contributed by atoms with Crippen LogP contribution in [0.25, 0.3) is 0 Å². The number of nitrogens with zero attached hydrogens (tertiary/aromatic N) is 3. The van der Waals surface area contributed by atoms with Gasteiger partial charge in [-0.15, -0.1) is 5.10 Å². The Morgan fingerprint density at radius 2 is 2.31 bits per heavy atom. The number of hydrogen-bond donors (Lipinski definition) is 1. The maximum absolute atomic E-state index is 11.5. The van der Waals surface area contributed by atoms with Gasteiger partial charge < -0.3 is 10.5 Å². The molecule has 0 aromatic carbocycles. The molecule has 0 spiro atoms. The Bertz CT molecular complexity index is 362. The molecule has 90 valence electrons. The van der Waals surface area contributed by atoms with Crippen molar-refractivity contribution in [2.75, 3.05) is 13.7 Å². The van der Waals surface area contributed by atoms with E-state index in [-0.39, 0.29) is 11.7 Å². The molecule has 1 rings (SSSR count). The number of carbonyl (C=O) groups is 1. The Morgan fingerprint density at radius 3 is 2.81 bits per heavy atom. The fraction of sp³-hybridized carbons (Fsp3) is 0.700. The molecule has 1 heterocycles. The van der Waals surface area contributed by atoms with Gasteiger partial charge in [0.25, 0.3) is 0 Å². The van der Waals surface area contributed by atoms with Crippen LogP contribution >= 0.6 is 0 Å². The molecular weight excluding hydrogens is 208 g/mol. The SMILES string of the molecule is CCC(C)n1nnc(C(=O)OC)c1CCN. The molecule has 0 aliphatic heterocycles. The summed E-state index contributed by atoms with van der Waals surface area (Å²) in [7, 11) is 1.33. The van der Waals surface area contributed by atoms with E-state index in [2.05, 4.69) is 22.0 Å². The summed E-state index contributed by atoms with van der Waals surface area (Å²) in [4.78, 5) is 11.5. The molecule has 0 aliphatic carbocycles. The zero-order valence-corrected chi connectivity index (χ0v) is 9.93. The van der Waals surface area contributed by atoms with Crippen LogP contribution in [-0.2, 0) is 11.2 Å². The summed E-state index contributed by atoms with van der Waals surface area (Å²) < 4.78 is 6.40. The van der Waals surface area contributed by atoms with Gasteiger partial charge in [0.15, 0.2) is 5.69 Å². The minimum absolute atomic E-state index is 0.201. The molecule has 0 aliphatic rings. The predicted molar refractivity (Wildman–Crippen MR) is 59.1 cm³/mol. The van der Waals surface area contributed by atoms with Crippen molar-refractivity contribution in [3.05, 3.63) is 11.4 Å². The first-order valence-corrected chi connectivity index (χ1v) is 5.38. The number of aromatic nitrogens is 3. The van der Waals surface area contributed by atoms with Crippen molar-refractivity contribution in [2.45, 2.75) is 32.7 Å². The van der Waals surface area contributed by atoms with Crippen LogP contribution < -0.4 is 5.73 Å². The van der Waals surface area contributed by atoms with Crippen molar-refractivity contribution in [2.24, 2.45) is 5.73 Å². The minimum Gasteiger partial charge on any atom is -0.464 e. The third kappa shape index (κ3) is 2.38. The van der Waals surface area contributed by atoms with Crippen LogP contribution in [0.15, 0.2) is 0 Å². The van der Waals surface area contributed by atoms with Gasteiger partial charge in [0.05, 0.1) is 18.8 Å². The highest BCUT2D eigenvalue weighted by atomic mass is 16.5. The molecular formula is C10H18N4O2. The molecule has 0 fully saturated rings. The summed E-state index contributed by atoms with van der Waals surface area (Å²) in [6.07, 6.45) is 1.49. The summed E-state index contributed by atoms with van der Waals surface area (Å²) in [6.45, 7) is 4.53. The lowest BCUT2D eigenvalue weighted by Gasteiger charge is -2.12. The van der Waals surface area contributed by atoms with Crippen molar-refractivity contribution in [1.82, 2.24) is 15.0 Å². The molecule has 0 radical (unpaired) electrons. The van der Waals surface area contributed by atoms with Gasteiger partial charge in [-0.05, 0) is 19.9 Å². The molecule has 1 unspecified atom stereocenters. The van der Waals surface area contributed by atoms with E-state index in [9.17, 15) is 4.79 Å². The predicted octanol–water partition coefficient (Wildman–Crippen LogP) is 0.537. The minimum atomic E-state index is -0.460. The summed E-state index contributed by atoms with van der Waals surface area (Å²) in [5, 5.41) is 7.84. The van der Waals surface area contributed by atoms with E-state index in [0.29, 0.717) is 13.0 Å². The lowest BCUT2D eigenvalue weighted by Crippen LogP contribution is -2.16. The van der Waals surface area contributed by atoms with Crippen molar-refractivity contribution < 1.29 is 9.53 Å². The monoisotopic (exact) mass is 226 g/mol. The van der Waals surface area contributed by atoms with Crippen molar-refractivity contribution >= 4 is 5.97 Å². The average molecular weight is 226 g/mol. The maximum atomic E-state index is 11.5. The van der Waals surface area contributed by atoms with Gasteiger partial charge in [0.1, 0.15) is 0 Å². The second-order valence-electron chi connectivity index (χ2n) is 3.62. The zero-order chi connectivity index (χ0) is 12.1. The second kappa shape index (κ2) is 5.60. The lowest BCUT2D eigenvalue weighted by molar-refractivity contribution is 0.0592. The van der Waals surface area contributed by atoms with Crippen LogP contribution in [0, 0.1) is 0 Å². The summed E-state index contributed by atoms with van der Waals surface area (Å²) >= 11 is 0. The van der Waals surface area contributed by atoms with Crippen LogP contribution in [0.3, 0.4) is 0 Å². The van der Waals surface area contributed by atoms with E-state index < -0.39 is 5.97 Å². The zero-order valence-electron chi connectivity index (χ0n) is 9.93. The molecule has 1 atom stereocenters. The Balaban J connectivity index is 3.11. The maximum Gasteiger partial charge on any atom is 0.360 e. The fourth-order valence-electron chi connectivity index (χ4n) is 1.47. The number of hydrogen-bond acceptors (Lipinski definition) is 5. The van der Waals surface area contributed by atoms with Crippen LogP contribution in [-0.4, -0.2) is 34.6 Å². The smallest absolute Gasteiger partial charge is 0.360 e. The van der Waals surface area contributed by atoms with Crippen LogP contribution in [0.2, 0.25) is 0 Å². The van der Waals surface area contributed by atoms with Gasteiger partial charge in [-0.25, -0.2) is 9.48 Å². The molecule has 16 heavy (non-hydrogen) atoms. The number of ether oxygens (including phenoxy) is 1. The van der Waals surface area contributed by atoms with E-state index in [1.165, 1.54) is 7.11 Å². The Morgan fingerprint density at radius 1 is 1.62 bits per heavy atom. The second-order valence-corrected chi connectivity index (χ2v) is 3.62. The number of rotatable bonds is 5. The van der Waals surface area contributed by atoms with Crippen molar-refractivity contribution in [3.63, 3.8) is 0 Å². The molecule has 0 saturated heterocycles. The van der Waals surface area contributed by atoms with Crippen LogP contribution in [0.1, 0.15) is 42.5 Å². The largest absolute Gasteiger partial charge is 0.464 e. The fourth-order valence-corrected chi connectivity index (χ4v) is 1.47. The third-order valence-electron chi connectivity index (χ3n) is 2.56.